The Hall–Kier alpha value is -2.20. The van der Waals surface area contributed by atoms with E-state index in [1.807, 2.05) is 25.7 Å². The van der Waals surface area contributed by atoms with E-state index in [1.165, 1.54) is 0 Å². The van der Waals surface area contributed by atoms with Crippen molar-refractivity contribution in [3.8, 4) is 0 Å². The van der Waals surface area contributed by atoms with E-state index in [4.69, 9.17) is 19.2 Å². The third-order valence-corrected chi connectivity index (χ3v) is 6.25. The zero-order valence-electron chi connectivity index (χ0n) is 19.9. The number of guanidine groups is 1. The van der Waals surface area contributed by atoms with E-state index in [1.54, 1.807) is 13.3 Å². The summed E-state index contributed by atoms with van der Waals surface area (Å²) >= 11 is 0. The van der Waals surface area contributed by atoms with Gasteiger partial charge in [-0.2, -0.15) is 0 Å². The quantitative estimate of drug-likeness (QED) is 0.534. The number of carbonyl (C=O) groups is 2. The maximum Gasteiger partial charge on any atom is 0.332 e. The first-order valence-corrected chi connectivity index (χ1v) is 11.7. The molecule has 3 heterocycles. The molecule has 0 spiro atoms. The lowest BCUT2D eigenvalue weighted by Gasteiger charge is -2.37. The van der Waals surface area contributed by atoms with Gasteiger partial charge in [-0.05, 0) is 26.7 Å². The van der Waals surface area contributed by atoms with Crippen LogP contribution < -0.4 is 10.6 Å². The van der Waals surface area contributed by atoms with Crippen molar-refractivity contribution in [1.82, 2.24) is 15.5 Å². The minimum atomic E-state index is -0.436. The molecule has 10 heteroatoms. The summed E-state index contributed by atoms with van der Waals surface area (Å²) in [6, 6.07) is -0.143. The lowest BCUT2D eigenvalue weighted by atomic mass is 9.93. The summed E-state index contributed by atoms with van der Waals surface area (Å²) in [5.74, 6) is -0.0690. The molecule has 1 saturated heterocycles. The lowest BCUT2D eigenvalue weighted by Crippen LogP contribution is -2.59. The minimum absolute atomic E-state index is 0.00729. The fourth-order valence-corrected chi connectivity index (χ4v) is 4.51. The summed E-state index contributed by atoms with van der Waals surface area (Å²) in [5.41, 5.74) is 0. The van der Waals surface area contributed by atoms with Crippen LogP contribution in [0.1, 0.15) is 54.4 Å². The zero-order valence-corrected chi connectivity index (χ0v) is 19.9. The van der Waals surface area contributed by atoms with Gasteiger partial charge in [0.15, 0.2) is 18.4 Å². The second kappa shape index (κ2) is 10.6. The first-order valence-electron chi connectivity index (χ1n) is 11.7. The molecule has 1 amide bonds. The van der Waals surface area contributed by atoms with Crippen LogP contribution >= 0.6 is 0 Å². The molecule has 1 fully saturated rings. The standard InChI is InChI=1S/C22H37N5O5/c1-7-14-15(8-2)32-21(18(14)31-10-16(28)30-9-3)27-11-23-17-13(6)24-22(25-19(17)27)26-20(29)12(4)5/h11-15,17-19,21H,7-10H2,1-6H3,(H2,24,25,26,29)/t13?,14?,15-,17?,18+,19?,21-/m1/s1. The molecule has 4 unspecified atom stereocenters. The third-order valence-electron chi connectivity index (χ3n) is 6.25. The summed E-state index contributed by atoms with van der Waals surface area (Å²) in [6.45, 7) is 11.8. The molecule has 0 bridgehead atoms. The molecular weight excluding hydrogens is 414 g/mol. The van der Waals surface area contributed by atoms with Gasteiger partial charge in [0.05, 0.1) is 25.1 Å². The number of hydrogen-bond donors (Lipinski definition) is 2. The van der Waals surface area contributed by atoms with Crippen LogP contribution in [0.2, 0.25) is 0 Å². The lowest BCUT2D eigenvalue weighted by molar-refractivity contribution is -0.155. The van der Waals surface area contributed by atoms with E-state index in [0.717, 1.165) is 12.8 Å². The second-order valence-electron chi connectivity index (χ2n) is 8.80. The zero-order chi connectivity index (χ0) is 23.4. The maximum absolute atomic E-state index is 12.2. The van der Waals surface area contributed by atoms with Crippen molar-refractivity contribution < 1.29 is 23.8 Å². The highest BCUT2D eigenvalue weighted by atomic mass is 16.6. The number of nitrogens with zero attached hydrogens (tertiary/aromatic N) is 3. The smallest absolute Gasteiger partial charge is 0.332 e. The summed E-state index contributed by atoms with van der Waals surface area (Å²) < 4.78 is 17.5. The van der Waals surface area contributed by atoms with Gasteiger partial charge in [0, 0.05) is 11.8 Å². The Morgan fingerprint density at radius 2 is 2.03 bits per heavy atom. The number of carbonyl (C=O) groups excluding carboxylic acids is 2. The molecule has 0 aliphatic carbocycles. The van der Waals surface area contributed by atoms with Gasteiger partial charge in [-0.25, -0.2) is 9.79 Å². The Bertz CT molecular complexity index is 742. The van der Waals surface area contributed by atoms with Gasteiger partial charge in [-0.15, -0.1) is 0 Å². The van der Waals surface area contributed by atoms with Gasteiger partial charge >= 0.3 is 5.97 Å². The van der Waals surface area contributed by atoms with Crippen LogP contribution in [0.3, 0.4) is 0 Å². The summed E-state index contributed by atoms with van der Waals surface area (Å²) in [7, 11) is 0. The van der Waals surface area contributed by atoms with Crippen molar-refractivity contribution in [3.05, 3.63) is 0 Å². The molecule has 0 aromatic carbocycles. The number of rotatable bonds is 8. The Morgan fingerprint density at radius 1 is 1.28 bits per heavy atom. The van der Waals surface area contributed by atoms with Crippen LogP contribution in [0, 0.1) is 11.8 Å². The van der Waals surface area contributed by atoms with Gasteiger partial charge in [-0.1, -0.05) is 27.7 Å². The molecule has 0 aromatic heterocycles. The largest absolute Gasteiger partial charge is 0.464 e. The van der Waals surface area contributed by atoms with Crippen molar-refractivity contribution in [2.45, 2.75) is 91.1 Å². The van der Waals surface area contributed by atoms with E-state index in [2.05, 4.69) is 29.5 Å². The number of nitrogens with one attached hydrogen (secondary N) is 2. The molecule has 3 aliphatic rings. The molecule has 3 rings (SSSR count). The maximum atomic E-state index is 12.2. The molecule has 32 heavy (non-hydrogen) atoms. The molecular formula is C22H37N5O5. The molecule has 0 saturated carbocycles. The second-order valence-corrected chi connectivity index (χ2v) is 8.80. The van der Waals surface area contributed by atoms with Crippen LogP contribution in [-0.2, 0) is 23.8 Å². The average Bonchev–Trinajstić information content (AvgIpc) is 3.33. The van der Waals surface area contributed by atoms with Crippen molar-refractivity contribution >= 4 is 24.2 Å². The molecule has 10 nitrogen and oxygen atoms in total. The van der Waals surface area contributed by atoms with E-state index in [9.17, 15) is 9.59 Å². The molecule has 0 radical (unpaired) electrons. The number of aliphatic imine (C=N–C) groups is 2. The SMILES string of the molecule is CCOC(=O)CO[C@H]1C(CC)[C@@H](CC)O[C@H]1N1C=NC2C(C)NC(NC(=O)C(C)C)=NC21. The average molecular weight is 452 g/mol. The Morgan fingerprint density at radius 3 is 2.66 bits per heavy atom. The van der Waals surface area contributed by atoms with Gasteiger partial charge < -0.3 is 24.4 Å². The number of hydrogen-bond acceptors (Lipinski definition) is 9. The van der Waals surface area contributed by atoms with Crippen LogP contribution in [0.25, 0.3) is 0 Å². The number of ether oxygens (including phenoxy) is 3. The van der Waals surface area contributed by atoms with E-state index in [0.29, 0.717) is 12.6 Å². The first-order chi connectivity index (χ1) is 15.3. The van der Waals surface area contributed by atoms with Crippen molar-refractivity contribution in [2.75, 3.05) is 13.2 Å². The van der Waals surface area contributed by atoms with Gasteiger partial charge in [0.2, 0.25) is 5.91 Å². The number of fused-ring (bicyclic) bond motifs is 1. The predicted molar refractivity (Wildman–Crippen MR) is 120 cm³/mol. The van der Waals surface area contributed by atoms with Crippen LogP contribution in [0.5, 0.6) is 0 Å². The van der Waals surface area contributed by atoms with Crippen molar-refractivity contribution in [1.29, 1.82) is 0 Å². The highest BCUT2D eigenvalue weighted by Crippen LogP contribution is 2.38. The monoisotopic (exact) mass is 451 g/mol. The third kappa shape index (κ3) is 5.06. The van der Waals surface area contributed by atoms with Crippen LogP contribution in [0.4, 0.5) is 0 Å². The fraction of sp³-hybridized carbons (Fsp3) is 0.818. The summed E-state index contributed by atoms with van der Waals surface area (Å²) in [5, 5.41) is 6.10. The Labute approximate surface area is 190 Å². The van der Waals surface area contributed by atoms with Gasteiger partial charge in [-0.3, -0.25) is 15.1 Å². The highest BCUT2D eigenvalue weighted by molar-refractivity contribution is 5.98. The number of amides is 1. The summed E-state index contributed by atoms with van der Waals surface area (Å²) in [4.78, 5) is 35.5. The minimum Gasteiger partial charge on any atom is -0.464 e. The van der Waals surface area contributed by atoms with E-state index < -0.39 is 6.23 Å². The van der Waals surface area contributed by atoms with E-state index in [-0.39, 0.29) is 60.8 Å². The van der Waals surface area contributed by atoms with Crippen molar-refractivity contribution in [2.24, 2.45) is 21.8 Å². The Balaban J connectivity index is 1.82. The van der Waals surface area contributed by atoms with Crippen LogP contribution in [-0.4, -0.2) is 79.0 Å². The Kier molecular flexibility index (Phi) is 8.10. The first kappa shape index (κ1) is 24.4. The van der Waals surface area contributed by atoms with Gasteiger partial charge in [0.1, 0.15) is 18.8 Å². The predicted octanol–water partition coefficient (Wildman–Crippen LogP) is 1.25. The normalized spacial score (nSPS) is 33.7. The van der Waals surface area contributed by atoms with Crippen LogP contribution in [0.15, 0.2) is 9.98 Å². The molecule has 7 atom stereocenters. The molecule has 0 aromatic rings. The molecule has 3 aliphatic heterocycles. The topological polar surface area (TPSA) is 114 Å². The molecule has 2 N–H and O–H groups in total. The van der Waals surface area contributed by atoms with Crippen molar-refractivity contribution in [3.63, 3.8) is 0 Å². The van der Waals surface area contributed by atoms with Gasteiger partial charge in [0.25, 0.3) is 0 Å². The molecule has 180 valence electrons. The number of esters is 1. The summed E-state index contributed by atoms with van der Waals surface area (Å²) in [6.07, 6.45) is 2.37. The fourth-order valence-electron chi connectivity index (χ4n) is 4.51. The van der Waals surface area contributed by atoms with E-state index >= 15 is 0 Å². The highest BCUT2D eigenvalue weighted by Gasteiger charge is 2.51.